The van der Waals surface area contributed by atoms with E-state index in [1.54, 1.807) is 13.0 Å². The number of nitrogens with one attached hydrogen (secondary N) is 1. The molecule has 0 atom stereocenters. The lowest BCUT2D eigenvalue weighted by atomic mass is 10.1. The van der Waals surface area contributed by atoms with E-state index >= 15 is 0 Å². The molecule has 0 unspecified atom stereocenters. The number of aromatic nitrogens is 2. The first-order valence-corrected chi connectivity index (χ1v) is 8.64. The number of rotatable bonds is 7. The summed E-state index contributed by atoms with van der Waals surface area (Å²) in [6.07, 6.45) is 4.13. The lowest BCUT2D eigenvalue weighted by Crippen LogP contribution is -2.12. The molecule has 1 heterocycles. The van der Waals surface area contributed by atoms with Gasteiger partial charge in [-0.2, -0.15) is 5.10 Å². The van der Waals surface area contributed by atoms with E-state index in [4.69, 9.17) is 4.74 Å². The highest BCUT2D eigenvalue weighted by Crippen LogP contribution is 2.15. The van der Waals surface area contributed by atoms with Gasteiger partial charge in [0, 0.05) is 30.9 Å². The van der Waals surface area contributed by atoms with Crippen molar-refractivity contribution in [3.8, 4) is 0 Å². The summed E-state index contributed by atoms with van der Waals surface area (Å²) in [6.45, 7) is 6.09. The maximum absolute atomic E-state index is 12.2. The Bertz CT molecular complexity index is 804. The van der Waals surface area contributed by atoms with E-state index in [-0.39, 0.29) is 11.9 Å². The summed E-state index contributed by atoms with van der Waals surface area (Å²) in [6, 6.07) is 7.29. The number of carbonyl (C=O) groups is 2. The largest absolute Gasteiger partial charge is 0.463 e. The quantitative estimate of drug-likeness (QED) is 0.611. The van der Waals surface area contributed by atoms with Crippen LogP contribution in [0.3, 0.4) is 0 Å². The number of hydrogen-bond donors (Lipinski definition) is 1. The fourth-order valence-electron chi connectivity index (χ4n) is 2.67. The first-order chi connectivity index (χ1) is 12.4. The number of esters is 1. The summed E-state index contributed by atoms with van der Waals surface area (Å²) in [5.74, 6) is -0.409. The third kappa shape index (κ3) is 5.31. The monoisotopic (exact) mass is 355 g/mol. The van der Waals surface area contributed by atoms with Crippen LogP contribution in [0.25, 0.3) is 6.08 Å². The second-order valence-electron chi connectivity index (χ2n) is 6.03. The summed E-state index contributed by atoms with van der Waals surface area (Å²) >= 11 is 0. The van der Waals surface area contributed by atoms with E-state index in [1.807, 2.05) is 49.8 Å². The molecule has 138 valence electrons. The molecule has 0 saturated heterocycles. The van der Waals surface area contributed by atoms with Crippen molar-refractivity contribution in [1.82, 2.24) is 9.78 Å². The zero-order valence-corrected chi connectivity index (χ0v) is 15.7. The number of hydrogen-bond acceptors (Lipinski definition) is 4. The minimum absolute atomic E-state index is 0.0394. The average molecular weight is 355 g/mol. The zero-order valence-electron chi connectivity index (χ0n) is 15.7. The maximum atomic E-state index is 12.2. The zero-order chi connectivity index (χ0) is 19.1. The molecule has 6 heteroatoms. The molecule has 0 aliphatic carbocycles. The molecule has 0 saturated carbocycles. The molecule has 0 bridgehead atoms. The van der Waals surface area contributed by atoms with Gasteiger partial charge in [0.05, 0.1) is 12.3 Å². The molecule has 0 spiro atoms. The third-order valence-corrected chi connectivity index (χ3v) is 4.15. The number of ether oxygens (including phenoxy) is 1. The van der Waals surface area contributed by atoms with Gasteiger partial charge in [0.1, 0.15) is 0 Å². The molecule has 1 aromatic heterocycles. The van der Waals surface area contributed by atoms with E-state index < -0.39 is 0 Å². The van der Waals surface area contributed by atoms with E-state index in [1.165, 1.54) is 6.08 Å². The molecule has 0 fully saturated rings. The van der Waals surface area contributed by atoms with Crippen molar-refractivity contribution in [2.45, 2.75) is 33.6 Å². The predicted octanol–water partition coefficient (Wildman–Crippen LogP) is 3.18. The van der Waals surface area contributed by atoms with Gasteiger partial charge in [0.15, 0.2) is 0 Å². The third-order valence-electron chi connectivity index (χ3n) is 4.15. The van der Waals surface area contributed by atoms with Crippen LogP contribution in [-0.2, 0) is 27.8 Å². The Hall–Kier alpha value is -2.89. The Morgan fingerprint density at radius 3 is 2.50 bits per heavy atom. The van der Waals surface area contributed by atoms with Crippen LogP contribution in [0.15, 0.2) is 30.3 Å². The summed E-state index contributed by atoms with van der Waals surface area (Å²) in [5, 5.41) is 7.26. The Labute approximate surface area is 153 Å². The number of nitrogens with zero attached hydrogens (tertiary/aromatic N) is 2. The van der Waals surface area contributed by atoms with Gasteiger partial charge < -0.3 is 10.1 Å². The second-order valence-corrected chi connectivity index (χ2v) is 6.03. The highest BCUT2D eigenvalue weighted by Gasteiger charge is 2.11. The fraction of sp³-hybridized carbons (Fsp3) is 0.350. The average Bonchev–Trinajstić information content (AvgIpc) is 2.85. The maximum Gasteiger partial charge on any atom is 0.330 e. The van der Waals surface area contributed by atoms with Gasteiger partial charge in [-0.1, -0.05) is 12.1 Å². The first-order valence-electron chi connectivity index (χ1n) is 8.64. The molecule has 0 aliphatic rings. The smallest absolute Gasteiger partial charge is 0.330 e. The van der Waals surface area contributed by atoms with E-state index in [0.717, 1.165) is 28.2 Å². The minimum atomic E-state index is -0.370. The van der Waals surface area contributed by atoms with Gasteiger partial charge in [-0.05, 0) is 56.5 Å². The van der Waals surface area contributed by atoms with Gasteiger partial charge in [0.25, 0.3) is 0 Å². The Balaban J connectivity index is 1.88. The Kier molecular flexibility index (Phi) is 6.72. The van der Waals surface area contributed by atoms with Crippen LogP contribution < -0.4 is 5.32 Å². The lowest BCUT2D eigenvalue weighted by Gasteiger charge is -2.06. The van der Waals surface area contributed by atoms with E-state index in [0.29, 0.717) is 19.4 Å². The molecule has 2 rings (SSSR count). The molecule has 2 aromatic rings. The highest BCUT2D eigenvalue weighted by molar-refractivity contribution is 5.91. The number of carbonyl (C=O) groups excluding carboxylic acids is 2. The molecule has 0 aliphatic heterocycles. The molecular formula is C20H25N3O3. The van der Waals surface area contributed by atoms with Gasteiger partial charge in [-0.25, -0.2) is 4.79 Å². The van der Waals surface area contributed by atoms with Crippen LogP contribution in [0.2, 0.25) is 0 Å². The van der Waals surface area contributed by atoms with Crippen LogP contribution in [0.4, 0.5) is 5.69 Å². The van der Waals surface area contributed by atoms with Crippen molar-refractivity contribution in [2.24, 2.45) is 7.05 Å². The van der Waals surface area contributed by atoms with Gasteiger partial charge in [0.2, 0.25) is 5.91 Å². The van der Waals surface area contributed by atoms with Crippen LogP contribution in [0.1, 0.15) is 35.9 Å². The first kappa shape index (κ1) is 19.4. The van der Waals surface area contributed by atoms with Crippen molar-refractivity contribution in [1.29, 1.82) is 0 Å². The molecule has 0 radical (unpaired) electrons. The fourth-order valence-corrected chi connectivity index (χ4v) is 2.67. The molecule has 26 heavy (non-hydrogen) atoms. The molecule has 1 N–H and O–H groups in total. The predicted molar refractivity (Wildman–Crippen MR) is 102 cm³/mol. The summed E-state index contributed by atoms with van der Waals surface area (Å²) in [5.41, 5.74) is 4.77. The van der Waals surface area contributed by atoms with Crippen LogP contribution in [0, 0.1) is 13.8 Å². The highest BCUT2D eigenvalue weighted by atomic mass is 16.5. The van der Waals surface area contributed by atoms with Crippen LogP contribution in [0.5, 0.6) is 0 Å². The van der Waals surface area contributed by atoms with Crippen LogP contribution >= 0.6 is 0 Å². The van der Waals surface area contributed by atoms with Crippen molar-refractivity contribution >= 4 is 23.6 Å². The molecule has 1 amide bonds. The SMILES string of the molecule is CCOC(=O)/C=C/c1ccc(NC(=O)CCc2c(C)nn(C)c2C)cc1. The van der Waals surface area contributed by atoms with E-state index in [2.05, 4.69) is 10.4 Å². The Morgan fingerprint density at radius 1 is 1.23 bits per heavy atom. The van der Waals surface area contributed by atoms with Gasteiger partial charge in [-0.3, -0.25) is 9.48 Å². The summed E-state index contributed by atoms with van der Waals surface area (Å²) < 4.78 is 6.67. The summed E-state index contributed by atoms with van der Waals surface area (Å²) in [7, 11) is 1.91. The topological polar surface area (TPSA) is 73.2 Å². The number of benzene rings is 1. The number of anilines is 1. The minimum Gasteiger partial charge on any atom is -0.463 e. The number of amides is 1. The molecule has 1 aromatic carbocycles. The van der Waals surface area contributed by atoms with Crippen molar-refractivity contribution in [2.75, 3.05) is 11.9 Å². The second kappa shape index (κ2) is 8.99. The van der Waals surface area contributed by atoms with Gasteiger partial charge >= 0.3 is 5.97 Å². The lowest BCUT2D eigenvalue weighted by molar-refractivity contribution is -0.137. The van der Waals surface area contributed by atoms with Crippen molar-refractivity contribution < 1.29 is 14.3 Å². The van der Waals surface area contributed by atoms with Gasteiger partial charge in [-0.15, -0.1) is 0 Å². The Morgan fingerprint density at radius 2 is 1.92 bits per heavy atom. The normalized spacial score (nSPS) is 10.9. The van der Waals surface area contributed by atoms with Crippen molar-refractivity contribution in [3.05, 3.63) is 52.9 Å². The molecule has 6 nitrogen and oxygen atoms in total. The standard InChI is InChI=1S/C20H25N3O3/c1-5-26-20(25)13-8-16-6-9-17(10-7-16)21-19(24)12-11-18-14(2)22-23(4)15(18)3/h6-10,13H,5,11-12H2,1-4H3,(H,21,24)/b13-8+. The summed E-state index contributed by atoms with van der Waals surface area (Å²) in [4.78, 5) is 23.5. The number of aryl methyl sites for hydroxylation is 2. The van der Waals surface area contributed by atoms with Crippen LogP contribution in [-0.4, -0.2) is 28.3 Å². The van der Waals surface area contributed by atoms with Crippen molar-refractivity contribution in [3.63, 3.8) is 0 Å². The van der Waals surface area contributed by atoms with E-state index in [9.17, 15) is 9.59 Å². The molecular weight excluding hydrogens is 330 g/mol.